The summed E-state index contributed by atoms with van der Waals surface area (Å²) in [6.07, 6.45) is 5.43. The SMILES string of the molecule is Nc1ccn(CCCN2CC(=O)N3CCCCC3C2=O)n1. The van der Waals surface area contributed by atoms with Gasteiger partial charge in [-0.15, -0.1) is 0 Å². The van der Waals surface area contributed by atoms with Crippen LogP contribution in [0.25, 0.3) is 0 Å². The molecule has 7 nitrogen and oxygen atoms in total. The summed E-state index contributed by atoms with van der Waals surface area (Å²) in [5.74, 6) is 0.689. The Hall–Kier alpha value is -2.05. The Morgan fingerprint density at radius 2 is 2.14 bits per heavy atom. The summed E-state index contributed by atoms with van der Waals surface area (Å²) < 4.78 is 1.76. The molecule has 0 spiro atoms. The molecule has 0 aliphatic carbocycles. The molecule has 1 aromatic rings. The van der Waals surface area contributed by atoms with Crippen molar-refractivity contribution in [1.82, 2.24) is 19.6 Å². The number of aromatic nitrogens is 2. The van der Waals surface area contributed by atoms with Gasteiger partial charge in [-0.25, -0.2) is 0 Å². The van der Waals surface area contributed by atoms with Gasteiger partial charge in [-0.3, -0.25) is 14.3 Å². The molecular weight excluding hydrogens is 270 g/mol. The van der Waals surface area contributed by atoms with Crippen LogP contribution < -0.4 is 5.73 Å². The lowest BCUT2D eigenvalue weighted by molar-refractivity contribution is -0.157. The van der Waals surface area contributed by atoms with E-state index in [9.17, 15) is 9.59 Å². The van der Waals surface area contributed by atoms with Gasteiger partial charge in [0.05, 0.1) is 6.54 Å². The first-order valence-corrected chi connectivity index (χ1v) is 7.52. The molecule has 0 bridgehead atoms. The number of hydrogen-bond donors (Lipinski definition) is 1. The summed E-state index contributed by atoms with van der Waals surface area (Å²) in [5.41, 5.74) is 5.56. The minimum absolute atomic E-state index is 0.0858. The highest BCUT2D eigenvalue weighted by Crippen LogP contribution is 2.23. The number of carbonyl (C=O) groups is 2. The third-order valence-electron chi connectivity index (χ3n) is 4.22. The van der Waals surface area contributed by atoms with Crippen LogP contribution >= 0.6 is 0 Å². The van der Waals surface area contributed by atoms with Crippen molar-refractivity contribution in [3.05, 3.63) is 12.3 Å². The standard InChI is InChI=1S/C14H21N5O2/c15-12-5-9-18(16-12)7-3-6-17-10-13(20)19-8-2-1-4-11(19)14(17)21/h5,9,11H,1-4,6-8,10H2,(H2,15,16). The van der Waals surface area contributed by atoms with E-state index in [-0.39, 0.29) is 24.4 Å². The van der Waals surface area contributed by atoms with Crippen LogP contribution in [0.1, 0.15) is 25.7 Å². The third-order valence-corrected chi connectivity index (χ3v) is 4.22. The number of nitrogen functional groups attached to an aromatic ring is 1. The molecule has 2 aliphatic rings. The molecule has 1 aromatic heterocycles. The van der Waals surface area contributed by atoms with Crippen molar-refractivity contribution >= 4 is 17.6 Å². The number of carbonyl (C=O) groups excluding carboxylic acids is 2. The van der Waals surface area contributed by atoms with E-state index in [4.69, 9.17) is 5.73 Å². The Kier molecular flexibility index (Phi) is 3.81. The fraction of sp³-hybridized carbons (Fsp3) is 0.643. The van der Waals surface area contributed by atoms with Crippen molar-refractivity contribution in [2.24, 2.45) is 0 Å². The number of fused-ring (bicyclic) bond motifs is 1. The van der Waals surface area contributed by atoms with Gasteiger partial charge in [0.1, 0.15) is 11.9 Å². The maximum Gasteiger partial charge on any atom is 0.245 e. The van der Waals surface area contributed by atoms with E-state index < -0.39 is 0 Å². The minimum atomic E-state index is -0.222. The van der Waals surface area contributed by atoms with Crippen molar-refractivity contribution in [3.63, 3.8) is 0 Å². The molecular formula is C14H21N5O2. The largest absolute Gasteiger partial charge is 0.382 e. The fourth-order valence-electron chi connectivity index (χ4n) is 3.14. The second-order valence-corrected chi connectivity index (χ2v) is 5.72. The maximum absolute atomic E-state index is 12.4. The number of anilines is 1. The van der Waals surface area contributed by atoms with Gasteiger partial charge in [0.15, 0.2) is 0 Å². The number of nitrogens with two attached hydrogens (primary N) is 1. The van der Waals surface area contributed by atoms with Gasteiger partial charge in [0.2, 0.25) is 11.8 Å². The second kappa shape index (κ2) is 5.75. The molecule has 2 saturated heterocycles. The molecule has 7 heteroatoms. The van der Waals surface area contributed by atoms with E-state index in [1.54, 1.807) is 20.5 Å². The number of hydrogen-bond acceptors (Lipinski definition) is 4. The van der Waals surface area contributed by atoms with Crippen molar-refractivity contribution in [2.45, 2.75) is 38.3 Å². The topological polar surface area (TPSA) is 84.5 Å². The summed E-state index contributed by atoms with van der Waals surface area (Å²) in [4.78, 5) is 28.0. The van der Waals surface area contributed by atoms with E-state index in [1.165, 1.54) is 0 Å². The molecule has 3 heterocycles. The van der Waals surface area contributed by atoms with E-state index in [1.807, 2.05) is 6.20 Å². The van der Waals surface area contributed by atoms with Gasteiger partial charge < -0.3 is 15.5 Å². The highest BCUT2D eigenvalue weighted by molar-refractivity contribution is 5.95. The summed E-state index contributed by atoms with van der Waals surface area (Å²) in [6, 6.07) is 1.52. The van der Waals surface area contributed by atoms with Gasteiger partial charge in [-0.1, -0.05) is 0 Å². The lowest BCUT2D eigenvalue weighted by atomic mass is 9.98. The number of piperidine rings is 1. The van der Waals surface area contributed by atoms with Crippen LogP contribution in [0, 0.1) is 0 Å². The smallest absolute Gasteiger partial charge is 0.245 e. The molecule has 3 rings (SSSR count). The zero-order chi connectivity index (χ0) is 14.8. The van der Waals surface area contributed by atoms with Crippen molar-refractivity contribution in [2.75, 3.05) is 25.4 Å². The predicted octanol–water partition coefficient (Wildman–Crippen LogP) is 0.0787. The van der Waals surface area contributed by atoms with Crippen molar-refractivity contribution in [3.8, 4) is 0 Å². The Morgan fingerprint density at radius 3 is 2.90 bits per heavy atom. The van der Waals surface area contributed by atoms with E-state index in [0.29, 0.717) is 18.9 Å². The molecule has 1 unspecified atom stereocenters. The molecule has 2 aliphatic heterocycles. The first kappa shape index (κ1) is 13.9. The minimum Gasteiger partial charge on any atom is -0.382 e. The molecule has 1 atom stereocenters. The van der Waals surface area contributed by atoms with Crippen LogP contribution in [0.15, 0.2) is 12.3 Å². The van der Waals surface area contributed by atoms with E-state index in [0.717, 1.165) is 32.2 Å². The van der Waals surface area contributed by atoms with Gasteiger partial charge >= 0.3 is 0 Å². The summed E-state index contributed by atoms with van der Waals surface area (Å²) in [6.45, 7) is 2.24. The Bertz CT molecular complexity index is 541. The van der Waals surface area contributed by atoms with Gasteiger partial charge in [0, 0.05) is 25.8 Å². The first-order valence-electron chi connectivity index (χ1n) is 7.52. The first-order chi connectivity index (χ1) is 10.1. The number of nitrogens with zero attached hydrogens (tertiary/aromatic N) is 4. The highest BCUT2D eigenvalue weighted by atomic mass is 16.2. The Morgan fingerprint density at radius 1 is 1.29 bits per heavy atom. The predicted molar refractivity (Wildman–Crippen MR) is 77.2 cm³/mol. The summed E-state index contributed by atoms with van der Waals surface area (Å²) in [7, 11) is 0. The quantitative estimate of drug-likeness (QED) is 0.851. The molecule has 114 valence electrons. The molecule has 2 N–H and O–H groups in total. The van der Waals surface area contributed by atoms with Crippen LogP contribution in [0.2, 0.25) is 0 Å². The lowest BCUT2D eigenvalue weighted by Gasteiger charge is -2.42. The lowest BCUT2D eigenvalue weighted by Crippen LogP contribution is -2.61. The number of piperazine rings is 1. The van der Waals surface area contributed by atoms with Crippen LogP contribution in [-0.2, 0) is 16.1 Å². The molecule has 0 saturated carbocycles. The molecule has 21 heavy (non-hydrogen) atoms. The summed E-state index contributed by atoms with van der Waals surface area (Å²) >= 11 is 0. The van der Waals surface area contributed by atoms with Crippen molar-refractivity contribution < 1.29 is 9.59 Å². The number of rotatable bonds is 4. The van der Waals surface area contributed by atoms with Gasteiger partial charge in [0.25, 0.3) is 0 Å². The summed E-state index contributed by atoms with van der Waals surface area (Å²) in [5, 5.41) is 4.11. The van der Waals surface area contributed by atoms with Crippen molar-refractivity contribution in [1.29, 1.82) is 0 Å². The number of amides is 2. The zero-order valence-corrected chi connectivity index (χ0v) is 12.1. The third kappa shape index (κ3) is 2.86. The normalized spacial score (nSPS) is 22.6. The Labute approximate surface area is 123 Å². The van der Waals surface area contributed by atoms with Crippen LogP contribution in [-0.4, -0.2) is 57.1 Å². The number of aryl methyl sites for hydroxylation is 1. The van der Waals surface area contributed by atoms with Gasteiger partial charge in [-0.05, 0) is 31.7 Å². The van der Waals surface area contributed by atoms with E-state index in [2.05, 4.69) is 5.10 Å². The molecule has 2 fully saturated rings. The van der Waals surface area contributed by atoms with E-state index >= 15 is 0 Å². The maximum atomic E-state index is 12.4. The monoisotopic (exact) mass is 291 g/mol. The average molecular weight is 291 g/mol. The molecule has 0 radical (unpaired) electrons. The zero-order valence-electron chi connectivity index (χ0n) is 12.1. The Balaban J connectivity index is 1.55. The van der Waals surface area contributed by atoms with Gasteiger partial charge in [-0.2, -0.15) is 5.10 Å². The van der Waals surface area contributed by atoms with Crippen LogP contribution in [0.4, 0.5) is 5.82 Å². The highest BCUT2D eigenvalue weighted by Gasteiger charge is 2.39. The fourth-order valence-corrected chi connectivity index (χ4v) is 3.14. The van der Waals surface area contributed by atoms with Crippen LogP contribution in [0.5, 0.6) is 0 Å². The molecule has 0 aromatic carbocycles. The second-order valence-electron chi connectivity index (χ2n) is 5.72. The van der Waals surface area contributed by atoms with Crippen LogP contribution in [0.3, 0.4) is 0 Å². The molecule has 2 amide bonds. The average Bonchev–Trinajstić information content (AvgIpc) is 2.90.